The first-order chi connectivity index (χ1) is 18.9. The summed E-state index contributed by atoms with van der Waals surface area (Å²) in [7, 11) is 0. The molecule has 200 valence electrons. The van der Waals surface area contributed by atoms with Crippen LogP contribution in [0.4, 0.5) is 15.8 Å². The molecule has 1 N–H and O–H groups in total. The molecule has 0 spiro atoms. The summed E-state index contributed by atoms with van der Waals surface area (Å²) in [6, 6.07) is 20.3. The van der Waals surface area contributed by atoms with Gasteiger partial charge in [-0.15, -0.1) is 0 Å². The van der Waals surface area contributed by atoms with E-state index in [9.17, 15) is 4.39 Å². The Hall–Kier alpha value is -3.13. The molecule has 6 rings (SSSR count). The molecule has 2 aromatic heterocycles. The van der Waals surface area contributed by atoms with Crippen LogP contribution in [0.1, 0.15) is 43.2 Å². The predicted molar refractivity (Wildman–Crippen MR) is 161 cm³/mol. The summed E-state index contributed by atoms with van der Waals surface area (Å²) in [5, 5.41) is 4.85. The lowest BCUT2D eigenvalue weighted by molar-refractivity contribution is 0.438. The summed E-state index contributed by atoms with van der Waals surface area (Å²) >= 11 is 19.0. The van der Waals surface area contributed by atoms with Crippen LogP contribution in [0, 0.1) is 11.7 Å². The van der Waals surface area contributed by atoms with E-state index >= 15 is 0 Å². The van der Waals surface area contributed by atoms with Crippen LogP contribution in [0.2, 0.25) is 10.0 Å². The first-order valence-corrected chi connectivity index (χ1v) is 14.2. The standard InChI is InChI=1S/C30H28Cl2FN5S/c1-19-11-15-36(16-12-19)26-10-8-21(18-23(26)32)38-29(28(35-30(38)39)25-5-2-3-13-34-25)27-6-4-14-37(27)20-7-9-24(33)22(31)17-20/h2-10,13-14,17-19,28-29H,11-12,15-16H2,1H3,(H,35,39)/t28-,29-/m0/s1. The van der Waals surface area contributed by atoms with Crippen molar-refractivity contribution in [3.8, 4) is 5.69 Å². The molecule has 2 aromatic carbocycles. The van der Waals surface area contributed by atoms with Crippen LogP contribution < -0.4 is 15.1 Å². The number of nitrogens with one attached hydrogen (secondary N) is 1. The fourth-order valence-corrected chi connectivity index (χ4v) is 6.41. The third kappa shape index (κ3) is 4.99. The van der Waals surface area contributed by atoms with Crippen molar-refractivity contribution >= 4 is 51.9 Å². The molecule has 0 unspecified atom stereocenters. The maximum atomic E-state index is 14.0. The Balaban J connectivity index is 1.43. The number of thiocarbonyl (C=S) groups is 1. The smallest absolute Gasteiger partial charge is 0.174 e. The quantitative estimate of drug-likeness (QED) is 0.245. The SMILES string of the molecule is CC1CCN(c2ccc(N3C(=S)N[C@@H](c4ccccn4)[C@@H]3c3cccn3-c3ccc(F)c(Cl)c3)cc2Cl)CC1. The molecule has 4 aromatic rings. The molecule has 4 heterocycles. The molecule has 0 bridgehead atoms. The summed E-state index contributed by atoms with van der Waals surface area (Å²) in [6.07, 6.45) is 6.05. The number of rotatable bonds is 5. The number of pyridine rings is 1. The molecule has 2 fully saturated rings. The minimum absolute atomic E-state index is 0.0693. The zero-order chi connectivity index (χ0) is 27.1. The van der Waals surface area contributed by atoms with Gasteiger partial charge in [0.2, 0.25) is 0 Å². The van der Waals surface area contributed by atoms with Crippen molar-refractivity contribution in [2.75, 3.05) is 22.9 Å². The summed E-state index contributed by atoms with van der Waals surface area (Å²) in [5.41, 5.74) is 4.51. The van der Waals surface area contributed by atoms with E-state index in [-0.39, 0.29) is 17.1 Å². The zero-order valence-corrected chi connectivity index (χ0v) is 23.7. The number of benzene rings is 2. The summed E-state index contributed by atoms with van der Waals surface area (Å²) in [6.45, 7) is 4.31. The number of aromatic nitrogens is 2. The Morgan fingerprint density at radius 1 is 0.949 bits per heavy atom. The molecule has 2 aliphatic heterocycles. The second-order valence-electron chi connectivity index (χ2n) is 10.2. The van der Waals surface area contributed by atoms with Crippen LogP contribution in [0.3, 0.4) is 0 Å². The third-order valence-corrected chi connectivity index (χ3v) is 8.60. The van der Waals surface area contributed by atoms with E-state index in [2.05, 4.69) is 39.2 Å². The maximum Gasteiger partial charge on any atom is 0.174 e. The van der Waals surface area contributed by atoms with Crippen LogP contribution in [0.5, 0.6) is 0 Å². The average Bonchev–Trinajstić information content (AvgIpc) is 3.55. The first kappa shape index (κ1) is 26.1. The Bertz CT molecular complexity index is 1500. The van der Waals surface area contributed by atoms with Crippen LogP contribution in [0.15, 0.2) is 79.1 Å². The fraction of sp³-hybridized carbons (Fsp3) is 0.267. The highest BCUT2D eigenvalue weighted by Gasteiger charge is 2.42. The van der Waals surface area contributed by atoms with Crippen molar-refractivity contribution in [3.05, 3.63) is 106 Å². The van der Waals surface area contributed by atoms with Crippen LogP contribution in [0.25, 0.3) is 5.69 Å². The average molecular weight is 581 g/mol. The van der Waals surface area contributed by atoms with E-state index in [1.165, 1.54) is 6.07 Å². The van der Waals surface area contributed by atoms with Crippen molar-refractivity contribution in [2.24, 2.45) is 5.92 Å². The third-order valence-electron chi connectivity index (χ3n) is 7.70. The van der Waals surface area contributed by atoms with Gasteiger partial charge in [-0.2, -0.15) is 0 Å². The molecule has 2 saturated heterocycles. The van der Waals surface area contributed by atoms with Gasteiger partial charge in [0.1, 0.15) is 11.9 Å². The summed E-state index contributed by atoms with van der Waals surface area (Å²) < 4.78 is 16.0. The lowest BCUT2D eigenvalue weighted by atomic mass is 9.98. The van der Waals surface area contributed by atoms with Crippen molar-refractivity contribution < 1.29 is 4.39 Å². The highest BCUT2D eigenvalue weighted by molar-refractivity contribution is 7.80. The minimum Gasteiger partial charge on any atom is -0.370 e. The monoisotopic (exact) mass is 579 g/mol. The number of piperidine rings is 1. The fourth-order valence-electron chi connectivity index (χ4n) is 5.59. The Kier molecular flexibility index (Phi) is 7.23. The number of nitrogens with zero attached hydrogens (tertiary/aromatic N) is 4. The molecule has 9 heteroatoms. The highest BCUT2D eigenvalue weighted by Crippen LogP contribution is 2.44. The summed E-state index contributed by atoms with van der Waals surface area (Å²) in [5.74, 6) is 0.285. The second kappa shape index (κ2) is 10.8. The van der Waals surface area contributed by atoms with Gasteiger partial charge in [-0.05, 0) is 91.6 Å². The van der Waals surface area contributed by atoms with Crippen molar-refractivity contribution in [1.82, 2.24) is 14.9 Å². The van der Waals surface area contributed by atoms with Crippen molar-refractivity contribution in [1.29, 1.82) is 0 Å². The van der Waals surface area contributed by atoms with E-state index in [1.807, 2.05) is 47.2 Å². The van der Waals surface area contributed by atoms with Gasteiger partial charge in [0, 0.05) is 42.6 Å². The topological polar surface area (TPSA) is 36.3 Å². The van der Waals surface area contributed by atoms with E-state index < -0.39 is 5.82 Å². The number of anilines is 2. The van der Waals surface area contributed by atoms with Gasteiger partial charge >= 0.3 is 0 Å². The Morgan fingerprint density at radius 3 is 2.44 bits per heavy atom. The molecule has 0 aliphatic carbocycles. The van der Waals surface area contributed by atoms with Gasteiger partial charge in [0.15, 0.2) is 5.11 Å². The molecule has 2 atom stereocenters. The zero-order valence-electron chi connectivity index (χ0n) is 21.4. The number of hydrogen-bond donors (Lipinski definition) is 1. The number of halogens is 3. The van der Waals surface area contributed by atoms with E-state index in [4.69, 9.17) is 35.4 Å². The van der Waals surface area contributed by atoms with Gasteiger partial charge < -0.3 is 19.7 Å². The van der Waals surface area contributed by atoms with E-state index in [0.717, 1.165) is 60.3 Å². The maximum absolute atomic E-state index is 14.0. The van der Waals surface area contributed by atoms with Crippen LogP contribution in [-0.2, 0) is 0 Å². The highest BCUT2D eigenvalue weighted by atomic mass is 35.5. The van der Waals surface area contributed by atoms with E-state index in [0.29, 0.717) is 10.1 Å². The largest absolute Gasteiger partial charge is 0.370 e. The molecule has 5 nitrogen and oxygen atoms in total. The van der Waals surface area contributed by atoms with Gasteiger partial charge in [-0.1, -0.05) is 36.2 Å². The molecule has 2 aliphatic rings. The number of hydrogen-bond acceptors (Lipinski definition) is 3. The Morgan fingerprint density at radius 2 is 1.72 bits per heavy atom. The van der Waals surface area contributed by atoms with Gasteiger partial charge in [0.25, 0.3) is 0 Å². The molecular formula is C30H28Cl2FN5S. The lowest BCUT2D eigenvalue weighted by Crippen LogP contribution is -2.33. The first-order valence-electron chi connectivity index (χ1n) is 13.1. The molecule has 0 amide bonds. The van der Waals surface area contributed by atoms with E-state index in [1.54, 1.807) is 18.3 Å². The van der Waals surface area contributed by atoms with Crippen molar-refractivity contribution in [3.63, 3.8) is 0 Å². The van der Waals surface area contributed by atoms with Gasteiger partial charge in [-0.3, -0.25) is 4.98 Å². The second-order valence-corrected chi connectivity index (χ2v) is 11.4. The van der Waals surface area contributed by atoms with Crippen LogP contribution >= 0.6 is 35.4 Å². The van der Waals surface area contributed by atoms with Crippen LogP contribution in [-0.4, -0.2) is 27.8 Å². The van der Waals surface area contributed by atoms with Gasteiger partial charge in [-0.25, -0.2) is 4.39 Å². The normalized spacial score (nSPS) is 19.9. The van der Waals surface area contributed by atoms with Crippen molar-refractivity contribution in [2.45, 2.75) is 31.8 Å². The molecular weight excluding hydrogens is 552 g/mol. The molecule has 39 heavy (non-hydrogen) atoms. The Labute approximate surface area is 243 Å². The van der Waals surface area contributed by atoms with Gasteiger partial charge in [0.05, 0.1) is 27.5 Å². The molecule has 0 radical (unpaired) electrons. The lowest BCUT2D eigenvalue weighted by Gasteiger charge is -2.33. The molecule has 0 saturated carbocycles. The predicted octanol–water partition coefficient (Wildman–Crippen LogP) is 7.73. The minimum atomic E-state index is -0.455. The summed E-state index contributed by atoms with van der Waals surface area (Å²) in [4.78, 5) is 9.11.